The first-order valence-corrected chi connectivity index (χ1v) is 8.46. The van der Waals surface area contributed by atoms with Crippen molar-refractivity contribution in [3.8, 4) is 0 Å². The molecule has 1 saturated carbocycles. The van der Waals surface area contributed by atoms with Crippen LogP contribution in [-0.4, -0.2) is 38.0 Å². The third-order valence-electron chi connectivity index (χ3n) is 3.96. The van der Waals surface area contributed by atoms with E-state index in [1.807, 2.05) is 13.1 Å². The van der Waals surface area contributed by atoms with E-state index < -0.39 is 9.84 Å². The summed E-state index contributed by atoms with van der Waals surface area (Å²) < 4.78 is 23.4. The van der Waals surface area contributed by atoms with Crippen LogP contribution in [0, 0.1) is 0 Å². The molecule has 0 bridgehead atoms. The van der Waals surface area contributed by atoms with Crippen molar-refractivity contribution in [2.75, 3.05) is 23.9 Å². The predicted octanol–water partition coefficient (Wildman–Crippen LogP) is 1.46. The van der Waals surface area contributed by atoms with Crippen molar-refractivity contribution in [3.63, 3.8) is 0 Å². The van der Waals surface area contributed by atoms with Crippen LogP contribution in [0.4, 0.5) is 11.4 Å². The summed E-state index contributed by atoms with van der Waals surface area (Å²) >= 11 is 0. The van der Waals surface area contributed by atoms with Crippen LogP contribution in [0.3, 0.4) is 0 Å². The van der Waals surface area contributed by atoms with Crippen molar-refractivity contribution in [1.29, 1.82) is 0 Å². The van der Waals surface area contributed by atoms with E-state index in [1.54, 1.807) is 12.4 Å². The molecular weight excluding hydrogens is 262 g/mol. The van der Waals surface area contributed by atoms with Gasteiger partial charge in [-0.1, -0.05) is 6.42 Å². The van der Waals surface area contributed by atoms with Crippen LogP contribution in [0.1, 0.15) is 25.7 Å². The van der Waals surface area contributed by atoms with Crippen LogP contribution < -0.4 is 10.6 Å². The van der Waals surface area contributed by atoms with Gasteiger partial charge in [-0.05, 0) is 25.3 Å². The van der Waals surface area contributed by atoms with E-state index in [2.05, 4.69) is 9.88 Å². The second-order valence-electron chi connectivity index (χ2n) is 5.32. The van der Waals surface area contributed by atoms with E-state index >= 15 is 0 Å². The smallest absolute Gasteiger partial charge is 0.150 e. The Labute approximate surface area is 114 Å². The monoisotopic (exact) mass is 283 g/mol. The van der Waals surface area contributed by atoms with Crippen LogP contribution in [0.15, 0.2) is 18.5 Å². The second kappa shape index (κ2) is 5.36. The second-order valence-corrected chi connectivity index (χ2v) is 7.64. The lowest BCUT2D eigenvalue weighted by Gasteiger charge is -2.36. The molecule has 5 nitrogen and oxygen atoms in total. The quantitative estimate of drug-likeness (QED) is 0.908. The molecule has 106 valence electrons. The van der Waals surface area contributed by atoms with Gasteiger partial charge >= 0.3 is 0 Å². The Kier molecular flexibility index (Phi) is 3.99. The maximum absolute atomic E-state index is 11.7. The topological polar surface area (TPSA) is 76.3 Å². The standard InChI is InChI=1S/C13H21N3O2S/c1-16(13-6-7-15-9-12(13)14)10-4-3-5-11(8-10)19(2,17)18/h6-7,9-11H,3-5,8,14H2,1-2H3. The van der Waals surface area contributed by atoms with Crippen molar-refractivity contribution in [3.05, 3.63) is 18.5 Å². The van der Waals surface area contributed by atoms with E-state index in [9.17, 15) is 8.42 Å². The number of aromatic nitrogens is 1. The van der Waals surface area contributed by atoms with Gasteiger partial charge in [0.2, 0.25) is 0 Å². The van der Waals surface area contributed by atoms with Gasteiger partial charge in [0.05, 0.1) is 22.8 Å². The number of anilines is 2. The lowest BCUT2D eigenvalue weighted by molar-refractivity contribution is 0.422. The van der Waals surface area contributed by atoms with Gasteiger partial charge in [0.25, 0.3) is 0 Å². The molecular formula is C13H21N3O2S. The fourth-order valence-electron chi connectivity index (χ4n) is 2.78. The maximum atomic E-state index is 11.7. The van der Waals surface area contributed by atoms with Gasteiger partial charge in [-0.3, -0.25) is 4.98 Å². The minimum absolute atomic E-state index is 0.221. The largest absolute Gasteiger partial charge is 0.396 e. The Morgan fingerprint density at radius 3 is 2.79 bits per heavy atom. The third kappa shape index (κ3) is 3.18. The molecule has 1 aliphatic carbocycles. The van der Waals surface area contributed by atoms with Gasteiger partial charge < -0.3 is 10.6 Å². The molecule has 0 radical (unpaired) electrons. The molecule has 0 aromatic carbocycles. The molecule has 1 aromatic rings. The average Bonchev–Trinajstić information content (AvgIpc) is 2.38. The predicted molar refractivity (Wildman–Crippen MR) is 77.9 cm³/mol. The Morgan fingerprint density at radius 1 is 1.42 bits per heavy atom. The van der Waals surface area contributed by atoms with Gasteiger partial charge in [0, 0.05) is 25.5 Å². The van der Waals surface area contributed by atoms with Gasteiger partial charge in [-0.2, -0.15) is 0 Å². The molecule has 19 heavy (non-hydrogen) atoms. The highest BCUT2D eigenvalue weighted by Gasteiger charge is 2.31. The molecule has 2 atom stereocenters. The number of pyridine rings is 1. The summed E-state index contributed by atoms with van der Waals surface area (Å²) in [6.07, 6.45) is 8.07. The van der Waals surface area contributed by atoms with Crippen LogP contribution in [0.5, 0.6) is 0 Å². The van der Waals surface area contributed by atoms with Crippen LogP contribution in [0.2, 0.25) is 0 Å². The van der Waals surface area contributed by atoms with Crippen molar-refractivity contribution >= 4 is 21.2 Å². The number of sulfone groups is 1. The van der Waals surface area contributed by atoms with Gasteiger partial charge in [-0.15, -0.1) is 0 Å². The van der Waals surface area contributed by atoms with Gasteiger partial charge in [-0.25, -0.2) is 8.42 Å². The Hall–Kier alpha value is -1.30. The van der Waals surface area contributed by atoms with E-state index in [0.717, 1.165) is 24.9 Å². The molecule has 0 spiro atoms. The van der Waals surface area contributed by atoms with Crippen LogP contribution in [-0.2, 0) is 9.84 Å². The Morgan fingerprint density at radius 2 is 2.16 bits per heavy atom. The van der Waals surface area contributed by atoms with Gasteiger partial charge in [0.1, 0.15) is 9.84 Å². The van der Waals surface area contributed by atoms with E-state index in [0.29, 0.717) is 12.1 Å². The van der Waals surface area contributed by atoms with E-state index in [-0.39, 0.29) is 11.3 Å². The van der Waals surface area contributed by atoms with Crippen LogP contribution >= 0.6 is 0 Å². The molecule has 0 saturated heterocycles. The molecule has 0 aliphatic heterocycles. The molecule has 1 heterocycles. The third-order valence-corrected chi connectivity index (χ3v) is 5.60. The zero-order chi connectivity index (χ0) is 14.0. The highest BCUT2D eigenvalue weighted by atomic mass is 32.2. The van der Waals surface area contributed by atoms with Crippen molar-refractivity contribution in [2.24, 2.45) is 0 Å². The molecule has 0 amide bonds. The van der Waals surface area contributed by atoms with Crippen molar-refractivity contribution in [2.45, 2.75) is 37.0 Å². The number of nitrogens with zero attached hydrogens (tertiary/aromatic N) is 2. The normalized spacial score (nSPS) is 24.1. The number of hydrogen-bond donors (Lipinski definition) is 1. The first-order chi connectivity index (χ1) is 8.89. The molecule has 6 heteroatoms. The first kappa shape index (κ1) is 14.1. The molecule has 1 aromatic heterocycles. The number of rotatable bonds is 3. The van der Waals surface area contributed by atoms with E-state index in [4.69, 9.17) is 5.73 Å². The Bertz CT molecular complexity index is 545. The van der Waals surface area contributed by atoms with E-state index in [1.165, 1.54) is 6.26 Å². The van der Waals surface area contributed by atoms with Crippen molar-refractivity contribution < 1.29 is 8.42 Å². The Balaban J connectivity index is 2.16. The summed E-state index contributed by atoms with van der Waals surface area (Å²) in [7, 11) is -0.982. The minimum atomic E-state index is -2.95. The number of nitrogens with two attached hydrogens (primary N) is 1. The zero-order valence-electron chi connectivity index (χ0n) is 11.4. The van der Waals surface area contributed by atoms with Gasteiger partial charge in [0.15, 0.2) is 0 Å². The number of hydrogen-bond acceptors (Lipinski definition) is 5. The maximum Gasteiger partial charge on any atom is 0.150 e. The molecule has 2 unspecified atom stereocenters. The van der Waals surface area contributed by atoms with Crippen LogP contribution in [0.25, 0.3) is 0 Å². The number of nitrogen functional groups attached to an aromatic ring is 1. The zero-order valence-corrected chi connectivity index (χ0v) is 12.2. The average molecular weight is 283 g/mol. The fraction of sp³-hybridized carbons (Fsp3) is 0.615. The minimum Gasteiger partial charge on any atom is -0.396 e. The first-order valence-electron chi connectivity index (χ1n) is 6.51. The van der Waals surface area contributed by atoms with Crippen molar-refractivity contribution in [1.82, 2.24) is 4.98 Å². The molecule has 2 rings (SSSR count). The summed E-state index contributed by atoms with van der Waals surface area (Å²) in [4.78, 5) is 6.07. The highest BCUT2D eigenvalue weighted by molar-refractivity contribution is 7.91. The summed E-state index contributed by atoms with van der Waals surface area (Å²) in [5.74, 6) is 0. The fourth-order valence-corrected chi connectivity index (χ4v) is 3.94. The molecule has 1 aliphatic rings. The lowest BCUT2D eigenvalue weighted by Crippen LogP contribution is -2.40. The summed E-state index contributed by atoms with van der Waals surface area (Å²) in [6.45, 7) is 0. The summed E-state index contributed by atoms with van der Waals surface area (Å²) in [5.41, 5.74) is 7.48. The SMILES string of the molecule is CN(c1ccncc1N)C1CCCC(S(C)(=O)=O)C1. The molecule has 2 N–H and O–H groups in total. The lowest BCUT2D eigenvalue weighted by atomic mass is 9.93. The summed E-state index contributed by atoms with van der Waals surface area (Å²) in [6, 6.07) is 2.09. The highest BCUT2D eigenvalue weighted by Crippen LogP contribution is 2.31. The molecule has 1 fully saturated rings. The summed E-state index contributed by atoms with van der Waals surface area (Å²) in [5, 5.41) is -0.225.